The summed E-state index contributed by atoms with van der Waals surface area (Å²) in [4.78, 5) is 45.0. The first-order valence-electron chi connectivity index (χ1n) is 8.79. The molecule has 3 heterocycles. The number of aromatic nitrogens is 5. The largest absolute Gasteiger partial charge is 0.458 e. The number of rotatable bonds is 6. The molecular formula is C15H19N9O5. The number of anilines is 1. The third-order valence-electron chi connectivity index (χ3n) is 4.15. The number of nitrogens with one attached hydrogen (secondary N) is 2. The van der Waals surface area contributed by atoms with Gasteiger partial charge in [-0.15, -0.1) is 5.10 Å². The lowest BCUT2D eigenvalue weighted by atomic mass is 10.2. The monoisotopic (exact) mass is 405 g/mol. The summed E-state index contributed by atoms with van der Waals surface area (Å²) in [6.07, 6.45) is -1.97. The molecule has 0 aromatic carbocycles. The number of H-pyrrole nitrogens is 1. The van der Waals surface area contributed by atoms with Crippen molar-refractivity contribution in [1.29, 1.82) is 0 Å². The number of ether oxygens (including phenoxy) is 2. The van der Waals surface area contributed by atoms with E-state index < -0.39 is 30.0 Å². The maximum Gasteiger partial charge on any atom is 0.303 e. The first-order chi connectivity index (χ1) is 13.8. The zero-order valence-corrected chi connectivity index (χ0v) is 15.9. The highest BCUT2D eigenvalue weighted by atomic mass is 16.6. The van der Waals surface area contributed by atoms with Gasteiger partial charge in [0, 0.05) is 24.2 Å². The van der Waals surface area contributed by atoms with Crippen LogP contribution in [0.25, 0.3) is 21.6 Å². The van der Waals surface area contributed by atoms with Crippen molar-refractivity contribution in [3.05, 3.63) is 20.8 Å². The molecule has 2 N–H and O–H groups in total. The Kier molecular flexibility index (Phi) is 5.75. The van der Waals surface area contributed by atoms with Crippen molar-refractivity contribution in [3.63, 3.8) is 0 Å². The Morgan fingerprint density at radius 1 is 1.52 bits per heavy atom. The van der Waals surface area contributed by atoms with Gasteiger partial charge in [0.05, 0.1) is 12.6 Å². The molecule has 154 valence electrons. The third kappa shape index (κ3) is 4.33. The molecule has 3 atom stereocenters. The number of aromatic amines is 1. The van der Waals surface area contributed by atoms with Gasteiger partial charge in [0.15, 0.2) is 23.5 Å². The molecule has 0 unspecified atom stereocenters. The molecule has 2 aromatic rings. The third-order valence-corrected chi connectivity index (χ3v) is 4.15. The summed E-state index contributed by atoms with van der Waals surface area (Å²) in [6.45, 7) is 4.66. The second-order valence-corrected chi connectivity index (χ2v) is 6.71. The van der Waals surface area contributed by atoms with Crippen LogP contribution in [0.5, 0.6) is 0 Å². The first-order valence-corrected chi connectivity index (χ1v) is 8.79. The summed E-state index contributed by atoms with van der Waals surface area (Å²) >= 11 is 0. The van der Waals surface area contributed by atoms with Crippen molar-refractivity contribution in [2.75, 3.05) is 11.9 Å². The van der Waals surface area contributed by atoms with Crippen LogP contribution < -0.4 is 10.9 Å². The molecule has 1 amide bonds. The second kappa shape index (κ2) is 8.24. The zero-order chi connectivity index (χ0) is 21.1. The molecule has 1 fully saturated rings. The van der Waals surface area contributed by atoms with E-state index in [-0.39, 0.29) is 41.9 Å². The molecule has 3 rings (SSSR count). The van der Waals surface area contributed by atoms with E-state index in [0.29, 0.717) is 0 Å². The number of carbonyl (C=O) groups excluding carboxylic acids is 2. The fourth-order valence-electron chi connectivity index (χ4n) is 2.83. The quantitative estimate of drug-likeness (QED) is 0.303. The van der Waals surface area contributed by atoms with Crippen molar-refractivity contribution in [1.82, 2.24) is 25.0 Å². The van der Waals surface area contributed by atoms with E-state index >= 15 is 0 Å². The molecular weight excluding hydrogens is 386 g/mol. The highest BCUT2D eigenvalue weighted by molar-refractivity contribution is 5.90. The summed E-state index contributed by atoms with van der Waals surface area (Å²) in [7, 11) is 0. The average molecular weight is 405 g/mol. The van der Waals surface area contributed by atoms with Crippen molar-refractivity contribution in [3.8, 4) is 0 Å². The predicted molar refractivity (Wildman–Crippen MR) is 97.5 cm³/mol. The number of nitrogens with zero attached hydrogens (tertiary/aromatic N) is 7. The van der Waals surface area contributed by atoms with Gasteiger partial charge in [-0.2, -0.15) is 9.67 Å². The Balaban J connectivity index is 1.99. The lowest BCUT2D eigenvalue weighted by molar-refractivity contribution is -0.152. The van der Waals surface area contributed by atoms with Gasteiger partial charge in [0.2, 0.25) is 11.9 Å². The number of azide groups is 1. The summed E-state index contributed by atoms with van der Waals surface area (Å²) in [6, 6.07) is 0. The Labute approximate surface area is 163 Å². The molecule has 0 saturated carbocycles. The molecule has 1 aliphatic heterocycles. The minimum absolute atomic E-state index is 0.0289. The normalized spacial score (nSPS) is 21.2. The molecule has 14 nitrogen and oxygen atoms in total. The van der Waals surface area contributed by atoms with Crippen LogP contribution in [0.3, 0.4) is 0 Å². The highest BCUT2D eigenvalue weighted by Gasteiger charge is 2.40. The minimum atomic E-state index is -0.939. The second-order valence-electron chi connectivity index (χ2n) is 6.71. The van der Waals surface area contributed by atoms with E-state index in [4.69, 9.17) is 15.0 Å². The van der Waals surface area contributed by atoms with E-state index in [1.165, 1.54) is 11.6 Å². The van der Waals surface area contributed by atoms with Crippen molar-refractivity contribution in [2.45, 2.75) is 45.6 Å². The fourth-order valence-corrected chi connectivity index (χ4v) is 2.83. The van der Waals surface area contributed by atoms with Gasteiger partial charge >= 0.3 is 5.97 Å². The van der Waals surface area contributed by atoms with Crippen molar-refractivity contribution in [2.24, 2.45) is 11.0 Å². The number of hydrogen-bond donors (Lipinski definition) is 2. The van der Waals surface area contributed by atoms with Gasteiger partial charge < -0.3 is 9.47 Å². The lowest BCUT2D eigenvalue weighted by Crippen LogP contribution is -2.26. The zero-order valence-electron chi connectivity index (χ0n) is 15.9. The van der Waals surface area contributed by atoms with Crippen LogP contribution in [-0.4, -0.2) is 55.6 Å². The van der Waals surface area contributed by atoms with E-state index in [0.717, 1.165) is 0 Å². The van der Waals surface area contributed by atoms with Gasteiger partial charge in [0.1, 0.15) is 0 Å². The fraction of sp³-hybridized carbons (Fsp3) is 0.600. The Hall–Kier alpha value is -3.51. The Morgan fingerprint density at radius 3 is 2.93 bits per heavy atom. The van der Waals surface area contributed by atoms with E-state index in [1.54, 1.807) is 13.8 Å². The molecule has 0 radical (unpaired) electrons. The number of fused-ring (bicyclic) bond motifs is 1. The molecule has 1 aliphatic rings. The number of hydrogen-bond acceptors (Lipinski definition) is 9. The molecule has 14 heteroatoms. The predicted octanol–water partition coefficient (Wildman–Crippen LogP) is 0.639. The first kappa shape index (κ1) is 20.2. The summed E-state index contributed by atoms with van der Waals surface area (Å²) in [5.74, 6) is -1.27. The molecule has 0 aliphatic carbocycles. The minimum Gasteiger partial charge on any atom is -0.458 e. The lowest BCUT2D eigenvalue weighted by Gasteiger charge is -2.18. The molecule has 0 bridgehead atoms. The van der Waals surface area contributed by atoms with E-state index in [9.17, 15) is 14.4 Å². The molecule has 1 saturated heterocycles. The Bertz CT molecular complexity index is 1040. The average Bonchev–Trinajstić information content (AvgIpc) is 3.23. The summed E-state index contributed by atoms with van der Waals surface area (Å²) in [5.41, 5.74) is 7.87. The van der Waals surface area contributed by atoms with Crippen LogP contribution >= 0.6 is 0 Å². The van der Waals surface area contributed by atoms with Gasteiger partial charge in [-0.05, 0) is 5.53 Å². The SMILES string of the molecule is CC(=O)O[C@@H]1C[C@@H](CN=[N+]=[N-])O[C@H]1n1nnc2c(=O)[nH]c(NC(=O)C(C)C)nc21. The van der Waals surface area contributed by atoms with Crippen LogP contribution in [0.15, 0.2) is 9.91 Å². The molecule has 2 aromatic heterocycles. The maximum atomic E-state index is 12.3. The van der Waals surface area contributed by atoms with Crippen molar-refractivity contribution < 1.29 is 19.1 Å². The van der Waals surface area contributed by atoms with E-state index in [1.807, 2.05) is 0 Å². The van der Waals surface area contributed by atoms with Crippen LogP contribution in [-0.2, 0) is 19.1 Å². The standard InChI is InChI=1S/C15H19N9O5/c1-6(2)12(26)19-15-18-11-10(13(27)20-15)21-23-24(11)14-9(28-7(3)25)4-8(29-14)5-17-22-16/h6,8-9,14H,4-5H2,1-3H3,(H2,18,19,20,26,27)/t8-,9+,14+/m0/s1. The number of amides is 1. The number of esters is 1. The van der Waals surface area contributed by atoms with Crippen LogP contribution in [0.4, 0.5) is 5.95 Å². The highest BCUT2D eigenvalue weighted by Crippen LogP contribution is 2.32. The van der Waals surface area contributed by atoms with E-state index in [2.05, 4.69) is 35.6 Å². The Morgan fingerprint density at radius 2 is 2.28 bits per heavy atom. The van der Waals surface area contributed by atoms with Crippen LogP contribution in [0.1, 0.15) is 33.4 Å². The van der Waals surface area contributed by atoms with Gasteiger partial charge in [-0.3, -0.25) is 24.7 Å². The summed E-state index contributed by atoms with van der Waals surface area (Å²) < 4.78 is 12.3. The van der Waals surface area contributed by atoms with Crippen molar-refractivity contribution >= 4 is 29.0 Å². The van der Waals surface area contributed by atoms with Gasteiger partial charge in [-0.25, -0.2) is 0 Å². The van der Waals surface area contributed by atoms with Gasteiger partial charge in [-0.1, -0.05) is 24.2 Å². The van der Waals surface area contributed by atoms with Crippen LogP contribution in [0, 0.1) is 5.92 Å². The van der Waals surface area contributed by atoms with Gasteiger partial charge in [0.25, 0.3) is 5.56 Å². The maximum absolute atomic E-state index is 12.3. The smallest absolute Gasteiger partial charge is 0.303 e. The number of carbonyl (C=O) groups is 2. The molecule has 0 spiro atoms. The van der Waals surface area contributed by atoms with Crippen LogP contribution in [0.2, 0.25) is 0 Å². The summed E-state index contributed by atoms with van der Waals surface area (Å²) in [5, 5.41) is 13.7. The topological polar surface area (TPSA) is 190 Å². The molecule has 29 heavy (non-hydrogen) atoms.